The lowest BCUT2D eigenvalue weighted by Gasteiger charge is -2.17. The highest BCUT2D eigenvalue weighted by atomic mass is 32.2. The largest absolute Gasteiger partial charge is 0.497 e. The summed E-state index contributed by atoms with van der Waals surface area (Å²) < 4.78 is 12.7. The lowest BCUT2D eigenvalue weighted by atomic mass is 10.2. The zero-order valence-electron chi connectivity index (χ0n) is 16.6. The molecule has 0 saturated carbocycles. The molecule has 0 bridgehead atoms. The molecule has 1 aliphatic heterocycles. The molecule has 1 atom stereocenters. The first-order valence-corrected chi connectivity index (χ1v) is 10.3. The van der Waals surface area contributed by atoms with Crippen LogP contribution in [0.3, 0.4) is 0 Å². The molecule has 3 heterocycles. The van der Waals surface area contributed by atoms with E-state index in [2.05, 4.69) is 15.5 Å². The molecule has 0 radical (unpaired) electrons. The van der Waals surface area contributed by atoms with Gasteiger partial charge in [-0.25, -0.2) is 4.79 Å². The van der Waals surface area contributed by atoms with Gasteiger partial charge in [0.15, 0.2) is 11.0 Å². The Morgan fingerprint density at radius 1 is 1.33 bits per heavy atom. The fourth-order valence-electron chi connectivity index (χ4n) is 3.16. The van der Waals surface area contributed by atoms with Gasteiger partial charge in [-0.1, -0.05) is 23.9 Å². The predicted octanol–water partition coefficient (Wildman–Crippen LogP) is 2.63. The summed E-state index contributed by atoms with van der Waals surface area (Å²) in [4.78, 5) is 25.8. The summed E-state index contributed by atoms with van der Waals surface area (Å²) in [5, 5.41) is 11.4. The van der Waals surface area contributed by atoms with Crippen LogP contribution < -0.4 is 10.1 Å². The third-order valence-corrected chi connectivity index (χ3v) is 5.76. The molecule has 3 amide bonds. The van der Waals surface area contributed by atoms with Gasteiger partial charge in [-0.3, -0.25) is 14.3 Å². The first-order chi connectivity index (χ1) is 14.6. The molecule has 9 nitrogen and oxygen atoms in total. The number of amides is 3. The number of carbonyl (C=O) groups excluding carboxylic acids is 2. The number of nitrogens with one attached hydrogen (secondary N) is 1. The predicted molar refractivity (Wildman–Crippen MR) is 110 cm³/mol. The van der Waals surface area contributed by atoms with Crippen LogP contribution in [0, 0.1) is 0 Å². The number of furan rings is 1. The van der Waals surface area contributed by atoms with E-state index in [9.17, 15) is 9.59 Å². The Morgan fingerprint density at radius 2 is 2.20 bits per heavy atom. The fraction of sp³-hybridized carbons (Fsp3) is 0.300. The SMILES string of the molecule is COc1cccc(-c2nnc(SC(C)C(=O)N3CCNC3=O)n2Cc2ccco2)c1. The highest BCUT2D eigenvalue weighted by Gasteiger charge is 2.31. The van der Waals surface area contributed by atoms with Crippen molar-refractivity contribution >= 4 is 23.7 Å². The van der Waals surface area contributed by atoms with E-state index in [1.807, 2.05) is 41.0 Å². The van der Waals surface area contributed by atoms with Gasteiger partial charge in [-0.15, -0.1) is 10.2 Å². The minimum absolute atomic E-state index is 0.259. The Balaban J connectivity index is 1.64. The average molecular weight is 427 g/mol. The monoisotopic (exact) mass is 427 g/mol. The Bertz CT molecular complexity index is 1050. The number of aromatic nitrogens is 3. The van der Waals surface area contributed by atoms with E-state index in [1.54, 1.807) is 20.3 Å². The van der Waals surface area contributed by atoms with Gasteiger partial charge in [0.1, 0.15) is 11.5 Å². The Labute approximate surface area is 177 Å². The van der Waals surface area contributed by atoms with Gasteiger partial charge < -0.3 is 14.5 Å². The number of methoxy groups -OCH3 is 1. The second-order valence-electron chi connectivity index (χ2n) is 6.69. The van der Waals surface area contributed by atoms with Gasteiger partial charge in [0, 0.05) is 18.7 Å². The van der Waals surface area contributed by atoms with Crippen LogP contribution >= 0.6 is 11.8 Å². The molecule has 2 aromatic heterocycles. The molecular formula is C20H21N5O4S. The minimum Gasteiger partial charge on any atom is -0.497 e. The quantitative estimate of drug-likeness (QED) is 0.578. The number of hydrogen-bond acceptors (Lipinski definition) is 7. The molecule has 10 heteroatoms. The summed E-state index contributed by atoms with van der Waals surface area (Å²) in [6, 6.07) is 10.9. The topological polar surface area (TPSA) is 102 Å². The second kappa shape index (κ2) is 8.62. The molecule has 1 saturated heterocycles. The van der Waals surface area contributed by atoms with E-state index >= 15 is 0 Å². The van der Waals surface area contributed by atoms with Crippen molar-refractivity contribution in [3.05, 3.63) is 48.4 Å². The zero-order valence-corrected chi connectivity index (χ0v) is 17.4. The Kier molecular flexibility index (Phi) is 5.75. The van der Waals surface area contributed by atoms with Crippen LogP contribution in [0.1, 0.15) is 12.7 Å². The summed E-state index contributed by atoms with van der Waals surface area (Å²) in [6.45, 7) is 3.00. The standard InChI is InChI=1S/C20H21N5O4S/c1-13(18(26)24-9-8-21-19(24)27)30-20-23-22-17(14-5-3-6-15(11-14)28-2)25(20)12-16-7-4-10-29-16/h3-7,10-11,13H,8-9,12H2,1-2H3,(H,21,27). The molecule has 1 N–H and O–H groups in total. The maximum Gasteiger partial charge on any atom is 0.324 e. The molecule has 1 aromatic carbocycles. The average Bonchev–Trinajstić information content (AvgIpc) is 3.50. The number of carbonyl (C=O) groups is 2. The van der Waals surface area contributed by atoms with Crippen LogP contribution in [0.15, 0.2) is 52.2 Å². The van der Waals surface area contributed by atoms with Crippen LogP contribution in [0.5, 0.6) is 5.75 Å². The lowest BCUT2D eigenvalue weighted by molar-refractivity contribution is -0.126. The van der Waals surface area contributed by atoms with Crippen molar-refractivity contribution < 1.29 is 18.7 Å². The van der Waals surface area contributed by atoms with E-state index in [4.69, 9.17) is 9.15 Å². The van der Waals surface area contributed by atoms with Crippen molar-refractivity contribution in [3.8, 4) is 17.1 Å². The third-order valence-electron chi connectivity index (χ3n) is 4.69. The van der Waals surface area contributed by atoms with E-state index in [-0.39, 0.29) is 11.9 Å². The number of ether oxygens (including phenoxy) is 1. The maximum atomic E-state index is 12.7. The van der Waals surface area contributed by atoms with Crippen molar-refractivity contribution in [3.63, 3.8) is 0 Å². The molecule has 1 unspecified atom stereocenters. The number of hydrogen-bond donors (Lipinski definition) is 1. The molecule has 1 aliphatic rings. The van der Waals surface area contributed by atoms with Crippen molar-refractivity contribution in [2.75, 3.05) is 20.2 Å². The number of rotatable bonds is 7. The van der Waals surface area contributed by atoms with E-state index in [0.717, 1.165) is 11.3 Å². The van der Waals surface area contributed by atoms with Gasteiger partial charge in [0.25, 0.3) is 0 Å². The highest BCUT2D eigenvalue weighted by Crippen LogP contribution is 2.30. The molecule has 3 aromatic rings. The second-order valence-corrected chi connectivity index (χ2v) is 7.99. The normalized spacial score (nSPS) is 14.6. The summed E-state index contributed by atoms with van der Waals surface area (Å²) in [7, 11) is 1.61. The number of urea groups is 1. The van der Waals surface area contributed by atoms with E-state index < -0.39 is 5.25 Å². The van der Waals surface area contributed by atoms with E-state index in [0.29, 0.717) is 36.4 Å². The zero-order chi connectivity index (χ0) is 21.1. The smallest absolute Gasteiger partial charge is 0.324 e. The lowest BCUT2D eigenvalue weighted by Crippen LogP contribution is -2.39. The molecule has 30 heavy (non-hydrogen) atoms. The fourth-order valence-corrected chi connectivity index (χ4v) is 4.07. The van der Waals surface area contributed by atoms with Crippen molar-refractivity contribution in [1.82, 2.24) is 25.0 Å². The van der Waals surface area contributed by atoms with Crippen LogP contribution in [-0.2, 0) is 11.3 Å². The molecule has 156 valence electrons. The first-order valence-electron chi connectivity index (χ1n) is 9.42. The van der Waals surface area contributed by atoms with Gasteiger partial charge >= 0.3 is 6.03 Å². The van der Waals surface area contributed by atoms with Gasteiger partial charge in [0.2, 0.25) is 5.91 Å². The molecule has 0 spiro atoms. The number of nitrogens with zero attached hydrogens (tertiary/aromatic N) is 4. The summed E-state index contributed by atoms with van der Waals surface area (Å²) >= 11 is 1.26. The summed E-state index contributed by atoms with van der Waals surface area (Å²) in [5.74, 6) is 1.81. The number of benzene rings is 1. The van der Waals surface area contributed by atoms with Gasteiger partial charge in [0.05, 0.1) is 25.2 Å². The summed E-state index contributed by atoms with van der Waals surface area (Å²) in [6.07, 6.45) is 1.61. The molecular weight excluding hydrogens is 406 g/mol. The van der Waals surface area contributed by atoms with Gasteiger partial charge in [-0.05, 0) is 31.2 Å². The Hall–Kier alpha value is -3.27. The first kappa shape index (κ1) is 20.0. The van der Waals surface area contributed by atoms with Crippen LogP contribution in [-0.4, -0.2) is 57.1 Å². The Morgan fingerprint density at radius 3 is 2.90 bits per heavy atom. The highest BCUT2D eigenvalue weighted by molar-refractivity contribution is 8.00. The molecule has 1 fully saturated rings. The number of imide groups is 1. The maximum absolute atomic E-state index is 12.7. The molecule has 4 rings (SSSR count). The number of thioether (sulfide) groups is 1. The third kappa shape index (κ3) is 4.04. The van der Waals surface area contributed by atoms with Crippen LogP contribution in [0.25, 0.3) is 11.4 Å². The van der Waals surface area contributed by atoms with Crippen molar-refractivity contribution in [1.29, 1.82) is 0 Å². The van der Waals surface area contributed by atoms with Gasteiger partial charge in [-0.2, -0.15) is 0 Å². The van der Waals surface area contributed by atoms with Crippen molar-refractivity contribution in [2.45, 2.75) is 23.9 Å². The van der Waals surface area contributed by atoms with Crippen molar-refractivity contribution in [2.24, 2.45) is 0 Å². The van der Waals surface area contributed by atoms with E-state index in [1.165, 1.54) is 16.7 Å². The summed E-state index contributed by atoms with van der Waals surface area (Å²) in [5.41, 5.74) is 0.832. The van der Waals surface area contributed by atoms with Crippen LogP contribution in [0.2, 0.25) is 0 Å². The minimum atomic E-state index is -0.508. The van der Waals surface area contributed by atoms with Crippen LogP contribution in [0.4, 0.5) is 4.79 Å². The molecule has 0 aliphatic carbocycles.